The smallest absolute Gasteiger partial charge is 0.232 e. The molecule has 4 nitrogen and oxygen atoms in total. The van der Waals surface area contributed by atoms with Gasteiger partial charge in [-0.1, -0.05) is 25.5 Å². The predicted octanol–water partition coefficient (Wildman–Crippen LogP) is 3.98. The van der Waals surface area contributed by atoms with Crippen molar-refractivity contribution in [3.05, 3.63) is 36.4 Å². The average Bonchev–Trinajstić information content (AvgIpc) is 2.44. The van der Waals surface area contributed by atoms with Crippen LogP contribution in [0.25, 0.3) is 0 Å². The Morgan fingerprint density at radius 3 is 2.50 bits per heavy atom. The molecule has 1 amide bonds. The van der Waals surface area contributed by atoms with Gasteiger partial charge in [-0.05, 0) is 50.5 Å². The first-order valence-electron chi connectivity index (χ1n) is 7.39. The van der Waals surface area contributed by atoms with Gasteiger partial charge >= 0.3 is 0 Å². The van der Waals surface area contributed by atoms with Crippen molar-refractivity contribution >= 4 is 28.9 Å². The number of aromatic hydroxyl groups is 1. The summed E-state index contributed by atoms with van der Waals surface area (Å²) >= 11 is 5.19. The second kappa shape index (κ2) is 7.94. The molecule has 3 N–H and O–H groups in total. The summed E-state index contributed by atoms with van der Waals surface area (Å²) in [4.78, 5) is 12.6. The molecule has 0 spiro atoms. The van der Waals surface area contributed by atoms with Crippen LogP contribution < -0.4 is 10.6 Å². The van der Waals surface area contributed by atoms with Gasteiger partial charge in [0.25, 0.3) is 0 Å². The van der Waals surface area contributed by atoms with E-state index in [4.69, 9.17) is 12.2 Å². The maximum absolute atomic E-state index is 12.6. The lowest BCUT2D eigenvalue weighted by Gasteiger charge is -2.30. The largest absolute Gasteiger partial charge is 0.508 e. The third-order valence-corrected chi connectivity index (χ3v) is 4.01. The molecule has 0 bridgehead atoms. The van der Waals surface area contributed by atoms with Gasteiger partial charge in [0.05, 0.1) is 5.41 Å². The molecule has 1 rings (SSSR count). The van der Waals surface area contributed by atoms with Crippen LogP contribution in [0.5, 0.6) is 5.75 Å². The summed E-state index contributed by atoms with van der Waals surface area (Å²) in [5.41, 5.74) is 1.12. The molecule has 1 aromatic carbocycles. The molecular formula is C17H24N2O2S. The zero-order valence-corrected chi connectivity index (χ0v) is 14.2. The highest BCUT2D eigenvalue weighted by Crippen LogP contribution is 2.33. The number of amides is 1. The standard InChI is InChI=1S/C17H24N2O2S/c1-5-17(6-2,11-12(3)4)15(21)19-16(22)18-13-8-7-9-14(20)10-13/h7-10,20H,3,5-6,11H2,1-2,4H3,(H2,18,19,21,22). The normalized spacial score (nSPS) is 10.9. The maximum Gasteiger partial charge on any atom is 0.232 e. The second-order valence-electron chi connectivity index (χ2n) is 5.58. The number of nitrogens with one attached hydrogen (secondary N) is 2. The van der Waals surface area contributed by atoms with Crippen LogP contribution in [0.3, 0.4) is 0 Å². The van der Waals surface area contributed by atoms with Crippen molar-refractivity contribution in [2.24, 2.45) is 5.41 Å². The number of allylic oxidation sites excluding steroid dienone is 1. The molecule has 5 heteroatoms. The molecule has 0 fully saturated rings. The first-order chi connectivity index (χ1) is 10.3. The number of phenolic OH excluding ortho intramolecular Hbond substituents is 1. The van der Waals surface area contributed by atoms with Crippen LogP contribution in [0.2, 0.25) is 0 Å². The van der Waals surface area contributed by atoms with Gasteiger partial charge in [-0.2, -0.15) is 0 Å². The zero-order valence-electron chi connectivity index (χ0n) is 13.4. The third-order valence-electron chi connectivity index (χ3n) is 3.81. The number of phenols is 1. The van der Waals surface area contributed by atoms with Crippen LogP contribution in [-0.2, 0) is 4.79 Å². The van der Waals surface area contributed by atoms with E-state index >= 15 is 0 Å². The highest BCUT2D eigenvalue weighted by atomic mass is 32.1. The van der Waals surface area contributed by atoms with E-state index in [1.54, 1.807) is 24.3 Å². The topological polar surface area (TPSA) is 61.4 Å². The molecular weight excluding hydrogens is 296 g/mol. The van der Waals surface area contributed by atoms with E-state index in [1.165, 1.54) is 0 Å². The van der Waals surface area contributed by atoms with E-state index in [2.05, 4.69) is 17.2 Å². The summed E-state index contributed by atoms with van der Waals surface area (Å²) in [6.07, 6.45) is 2.08. The molecule has 0 saturated carbocycles. The van der Waals surface area contributed by atoms with Crippen molar-refractivity contribution < 1.29 is 9.90 Å². The minimum absolute atomic E-state index is 0.0989. The molecule has 1 aromatic rings. The van der Waals surface area contributed by atoms with Crippen LogP contribution in [-0.4, -0.2) is 16.1 Å². The fourth-order valence-corrected chi connectivity index (χ4v) is 2.67. The summed E-state index contributed by atoms with van der Waals surface area (Å²) in [5.74, 6) is 0.0380. The molecule has 0 aromatic heterocycles. The Morgan fingerprint density at radius 1 is 1.36 bits per heavy atom. The Hall–Kier alpha value is -1.88. The van der Waals surface area contributed by atoms with Gasteiger partial charge < -0.3 is 15.7 Å². The summed E-state index contributed by atoms with van der Waals surface area (Å²) in [5, 5.41) is 15.3. The van der Waals surface area contributed by atoms with E-state index in [1.807, 2.05) is 20.8 Å². The number of thiocarbonyl (C=S) groups is 1. The highest BCUT2D eigenvalue weighted by molar-refractivity contribution is 7.80. The first kappa shape index (κ1) is 18.2. The monoisotopic (exact) mass is 320 g/mol. The van der Waals surface area contributed by atoms with Gasteiger partial charge in [-0.25, -0.2) is 0 Å². The SMILES string of the molecule is C=C(C)CC(CC)(CC)C(=O)NC(=S)Nc1cccc(O)c1. The van der Waals surface area contributed by atoms with E-state index in [0.717, 1.165) is 18.4 Å². The molecule has 0 heterocycles. The number of carbonyl (C=O) groups excluding carboxylic acids is 1. The van der Waals surface area contributed by atoms with Gasteiger partial charge in [0.15, 0.2) is 5.11 Å². The second-order valence-corrected chi connectivity index (χ2v) is 5.99. The number of rotatable bonds is 6. The van der Waals surface area contributed by atoms with Crippen LogP contribution in [0.1, 0.15) is 40.0 Å². The Morgan fingerprint density at radius 2 is 2.00 bits per heavy atom. The molecule has 0 radical (unpaired) electrons. The number of benzene rings is 1. The Bertz CT molecular complexity index is 566. The lowest BCUT2D eigenvalue weighted by molar-refractivity contribution is -0.130. The predicted molar refractivity (Wildman–Crippen MR) is 94.9 cm³/mol. The van der Waals surface area contributed by atoms with E-state index < -0.39 is 5.41 Å². The Kier molecular flexibility index (Phi) is 6.56. The number of carbonyl (C=O) groups is 1. The van der Waals surface area contributed by atoms with Gasteiger partial charge in [0, 0.05) is 11.8 Å². The number of hydrogen-bond donors (Lipinski definition) is 3. The lowest BCUT2D eigenvalue weighted by Crippen LogP contribution is -2.45. The molecule has 120 valence electrons. The fourth-order valence-electron chi connectivity index (χ4n) is 2.46. The summed E-state index contributed by atoms with van der Waals surface area (Å²) in [7, 11) is 0. The maximum atomic E-state index is 12.6. The molecule has 0 aliphatic rings. The minimum Gasteiger partial charge on any atom is -0.508 e. The lowest BCUT2D eigenvalue weighted by atomic mass is 9.76. The van der Waals surface area contributed by atoms with Crippen molar-refractivity contribution in [2.75, 3.05) is 5.32 Å². The van der Waals surface area contributed by atoms with Crippen molar-refractivity contribution in [3.63, 3.8) is 0 Å². The fraction of sp³-hybridized carbons (Fsp3) is 0.412. The number of hydrogen-bond acceptors (Lipinski definition) is 3. The van der Waals surface area contributed by atoms with E-state index in [0.29, 0.717) is 12.1 Å². The van der Waals surface area contributed by atoms with Crippen molar-refractivity contribution in [2.45, 2.75) is 40.0 Å². The molecule has 0 aliphatic carbocycles. The third kappa shape index (κ3) is 4.84. The highest BCUT2D eigenvalue weighted by Gasteiger charge is 2.35. The molecule has 22 heavy (non-hydrogen) atoms. The number of anilines is 1. The van der Waals surface area contributed by atoms with Crippen molar-refractivity contribution in [1.29, 1.82) is 0 Å². The molecule has 0 saturated heterocycles. The van der Waals surface area contributed by atoms with Crippen LogP contribution in [0.4, 0.5) is 5.69 Å². The Balaban J connectivity index is 2.76. The van der Waals surface area contributed by atoms with Crippen LogP contribution >= 0.6 is 12.2 Å². The van der Waals surface area contributed by atoms with Crippen LogP contribution in [0.15, 0.2) is 36.4 Å². The van der Waals surface area contributed by atoms with E-state index in [-0.39, 0.29) is 16.8 Å². The van der Waals surface area contributed by atoms with Crippen molar-refractivity contribution in [1.82, 2.24) is 5.32 Å². The van der Waals surface area contributed by atoms with Gasteiger partial charge in [0.1, 0.15) is 5.75 Å². The quantitative estimate of drug-likeness (QED) is 0.548. The van der Waals surface area contributed by atoms with Gasteiger partial charge in [0.2, 0.25) is 5.91 Å². The molecule has 0 aliphatic heterocycles. The summed E-state index contributed by atoms with van der Waals surface area (Å²) < 4.78 is 0. The summed E-state index contributed by atoms with van der Waals surface area (Å²) in [6.45, 7) is 9.84. The first-order valence-corrected chi connectivity index (χ1v) is 7.79. The van der Waals surface area contributed by atoms with Gasteiger partial charge in [-0.15, -0.1) is 6.58 Å². The Labute approximate surface area is 137 Å². The van der Waals surface area contributed by atoms with Gasteiger partial charge in [-0.3, -0.25) is 4.79 Å². The average molecular weight is 320 g/mol. The molecule has 0 unspecified atom stereocenters. The zero-order chi connectivity index (χ0) is 16.8. The minimum atomic E-state index is -0.490. The van der Waals surface area contributed by atoms with E-state index in [9.17, 15) is 9.90 Å². The molecule has 0 atom stereocenters. The van der Waals surface area contributed by atoms with Crippen molar-refractivity contribution in [3.8, 4) is 5.75 Å². The summed E-state index contributed by atoms with van der Waals surface area (Å²) in [6, 6.07) is 6.57. The van der Waals surface area contributed by atoms with Crippen LogP contribution in [0, 0.1) is 5.41 Å².